The molecular formula is C18H17N5O2. The third-order valence-corrected chi connectivity index (χ3v) is 3.49. The first kappa shape index (κ1) is 16.3. The van der Waals surface area contributed by atoms with Crippen molar-refractivity contribution in [3.05, 3.63) is 65.7 Å². The maximum atomic E-state index is 11.8. The van der Waals surface area contributed by atoms with Crippen LogP contribution >= 0.6 is 0 Å². The molecule has 4 N–H and O–H groups in total. The standard InChI is InChI=1S/C18H17N5O2/c1-25-14-9-7-12(8-10-14)11-20-17-15(16(19)24)18(23-22-17)21-13-5-3-2-4-6-13/h2-11H,1H3,(H2,19,24)(H2,21,22,23)/b20-11+. The van der Waals surface area contributed by atoms with Crippen LogP contribution in [-0.4, -0.2) is 29.4 Å². The van der Waals surface area contributed by atoms with Gasteiger partial charge in [-0.2, -0.15) is 5.10 Å². The lowest BCUT2D eigenvalue weighted by Crippen LogP contribution is -2.12. The second kappa shape index (κ2) is 7.31. The molecule has 1 aromatic heterocycles. The summed E-state index contributed by atoms with van der Waals surface area (Å²) >= 11 is 0. The minimum atomic E-state index is -0.617. The van der Waals surface area contributed by atoms with Crippen molar-refractivity contribution in [2.24, 2.45) is 10.7 Å². The summed E-state index contributed by atoms with van der Waals surface area (Å²) in [5, 5.41) is 9.89. The van der Waals surface area contributed by atoms with E-state index in [-0.39, 0.29) is 5.56 Å². The monoisotopic (exact) mass is 335 g/mol. The van der Waals surface area contributed by atoms with Crippen molar-refractivity contribution in [1.29, 1.82) is 0 Å². The molecular weight excluding hydrogens is 318 g/mol. The number of aromatic amines is 1. The molecule has 0 radical (unpaired) electrons. The minimum absolute atomic E-state index is 0.202. The molecule has 0 atom stereocenters. The first-order valence-corrected chi connectivity index (χ1v) is 7.55. The second-order valence-electron chi connectivity index (χ2n) is 5.18. The number of benzene rings is 2. The van der Waals surface area contributed by atoms with Gasteiger partial charge in [0.05, 0.1) is 7.11 Å². The lowest BCUT2D eigenvalue weighted by Gasteiger charge is -2.04. The van der Waals surface area contributed by atoms with Crippen molar-refractivity contribution in [3.8, 4) is 5.75 Å². The van der Waals surface area contributed by atoms with Gasteiger partial charge in [0.15, 0.2) is 11.6 Å². The number of anilines is 2. The molecule has 3 rings (SSSR count). The van der Waals surface area contributed by atoms with Gasteiger partial charge in [-0.25, -0.2) is 4.99 Å². The van der Waals surface area contributed by atoms with Crippen LogP contribution in [0.3, 0.4) is 0 Å². The van der Waals surface area contributed by atoms with Gasteiger partial charge in [0.25, 0.3) is 5.91 Å². The number of para-hydroxylation sites is 1. The van der Waals surface area contributed by atoms with Gasteiger partial charge < -0.3 is 15.8 Å². The Morgan fingerprint density at radius 1 is 1.20 bits per heavy atom. The first-order valence-electron chi connectivity index (χ1n) is 7.55. The quantitative estimate of drug-likeness (QED) is 0.602. The summed E-state index contributed by atoms with van der Waals surface area (Å²) in [5.41, 5.74) is 7.34. The first-order chi connectivity index (χ1) is 12.2. The number of hydrogen-bond donors (Lipinski definition) is 3. The van der Waals surface area contributed by atoms with Crippen molar-refractivity contribution in [3.63, 3.8) is 0 Å². The van der Waals surface area contributed by atoms with E-state index >= 15 is 0 Å². The van der Waals surface area contributed by atoms with Gasteiger partial charge >= 0.3 is 0 Å². The Morgan fingerprint density at radius 2 is 1.92 bits per heavy atom. The highest BCUT2D eigenvalue weighted by Gasteiger charge is 2.18. The molecule has 0 unspecified atom stereocenters. The average Bonchev–Trinajstić information content (AvgIpc) is 3.04. The lowest BCUT2D eigenvalue weighted by atomic mass is 10.2. The number of amides is 1. The molecule has 0 aliphatic rings. The number of ether oxygens (including phenoxy) is 1. The van der Waals surface area contributed by atoms with Crippen LogP contribution < -0.4 is 15.8 Å². The molecule has 3 aromatic rings. The van der Waals surface area contributed by atoms with Gasteiger partial charge in [0.2, 0.25) is 0 Å². The zero-order valence-electron chi connectivity index (χ0n) is 13.6. The number of aliphatic imine (C=N–C) groups is 1. The van der Waals surface area contributed by atoms with Crippen molar-refractivity contribution >= 4 is 29.4 Å². The fraction of sp³-hybridized carbons (Fsp3) is 0.0556. The summed E-state index contributed by atoms with van der Waals surface area (Å²) in [5.74, 6) is 0.766. The average molecular weight is 335 g/mol. The summed E-state index contributed by atoms with van der Waals surface area (Å²) in [6, 6.07) is 16.7. The number of nitrogens with one attached hydrogen (secondary N) is 2. The van der Waals surface area contributed by atoms with E-state index in [4.69, 9.17) is 10.5 Å². The van der Waals surface area contributed by atoms with Crippen LogP contribution in [-0.2, 0) is 0 Å². The van der Waals surface area contributed by atoms with Crippen LogP contribution in [0.25, 0.3) is 0 Å². The highest BCUT2D eigenvalue weighted by molar-refractivity contribution is 6.03. The molecule has 2 aromatic carbocycles. The zero-order chi connectivity index (χ0) is 17.6. The Morgan fingerprint density at radius 3 is 2.56 bits per heavy atom. The Balaban J connectivity index is 1.86. The predicted octanol–water partition coefficient (Wildman–Crippen LogP) is 3.01. The Labute approximate surface area is 144 Å². The molecule has 0 aliphatic carbocycles. The number of nitrogens with zero attached hydrogens (tertiary/aromatic N) is 2. The van der Waals surface area contributed by atoms with E-state index in [2.05, 4.69) is 20.5 Å². The van der Waals surface area contributed by atoms with Crippen LogP contribution in [0.1, 0.15) is 15.9 Å². The molecule has 1 amide bonds. The van der Waals surface area contributed by atoms with Crippen molar-refractivity contribution in [1.82, 2.24) is 10.2 Å². The smallest absolute Gasteiger partial charge is 0.256 e. The molecule has 25 heavy (non-hydrogen) atoms. The summed E-state index contributed by atoms with van der Waals surface area (Å²) < 4.78 is 5.11. The van der Waals surface area contributed by atoms with E-state index in [1.807, 2.05) is 54.6 Å². The van der Waals surface area contributed by atoms with E-state index in [0.29, 0.717) is 11.6 Å². The van der Waals surface area contributed by atoms with Crippen LogP contribution in [0.4, 0.5) is 17.3 Å². The molecule has 126 valence electrons. The normalized spacial score (nSPS) is 10.8. The van der Waals surface area contributed by atoms with Gasteiger partial charge in [-0.3, -0.25) is 9.89 Å². The number of hydrogen-bond acceptors (Lipinski definition) is 5. The summed E-state index contributed by atoms with van der Waals surface area (Å²) in [4.78, 5) is 16.1. The van der Waals surface area contributed by atoms with Crippen LogP contribution in [0.2, 0.25) is 0 Å². The zero-order valence-corrected chi connectivity index (χ0v) is 13.6. The van der Waals surface area contributed by atoms with Crippen molar-refractivity contribution in [2.75, 3.05) is 12.4 Å². The number of carbonyl (C=O) groups excluding carboxylic acids is 1. The Hall–Kier alpha value is -3.61. The maximum Gasteiger partial charge on any atom is 0.256 e. The SMILES string of the molecule is COc1ccc(/C=N/c2[nH]nc(Nc3ccccc3)c2C(N)=O)cc1. The lowest BCUT2D eigenvalue weighted by molar-refractivity contribution is 0.100. The molecule has 0 spiro atoms. The number of H-pyrrole nitrogens is 1. The number of methoxy groups -OCH3 is 1. The molecule has 0 aliphatic heterocycles. The van der Waals surface area contributed by atoms with Crippen LogP contribution in [0.15, 0.2) is 59.6 Å². The van der Waals surface area contributed by atoms with Gasteiger partial charge in [-0.1, -0.05) is 18.2 Å². The topological polar surface area (TPSA) is 105 Å². The third-order valence-electron chi connectivity index (χ3n) is 3.49. The number of carbonyl (C=O) groups is 1. The fourth-order valence-corrected chi connectivity index (χ4v) is 2.24. The third kappa shape index (κ3) is 3.84. The molecule has 0 saturated heterocycles. The number of nitrogens with two attached hydrogens (primary N) is 1. The molecule has 0 bridgehead atoms. The van der Waals surface area contributed by atoms with Crippen LogP contribution in [0, 0.1) is 0 Å². The fourth-order valence-electron chi connectivity index (χ4n) is 2.24. The van der Waals surface area contributed by atoms with Gasteiger partial charge in [-0.15, -0.1) is 0 Å². The summed E-state index contributed by atoms with van der Waals surface area (Å²) in [7, 11) is 1.61. The Bertz CT molecular complexity index is 886. The number of aromatic nitrogens is 2. The highest BCUT2D eigenvalue weighted by Crippen LogP contribution is 2.26. The minimum Gasteiger partial charge on any atom is -0.497 e. The van der Waals surface area contributed by atoms with E-state index in [1.54, 1.807) is 13.3 Å². The molecule has 0 fully saturated rings. The number of rotatable bonds is 6. The highest BCUT2D eigenvalue weighted by atomic mass is 16.5. The maximum absolute atomic E-state index is 11.8. The van der Waals surface area contributed by atoms with Gasteiger partial charge in [0.1, 0.15) is 11.3 Å². The van der Waals surface area contributed by atoms with E-state index in [1.165, 1.54) is 0 Å². The Kier molecular flexibility index (Phi) is 4.75. The van der Waals surface area contributed by atoms with E-state index < -0.39 is 5.91 Å². The van der Waals surface area contributed by atoms with E-state index in [9.17, 15) is 4.79 Å². The van der Waals surface area contributed by atoms with E-state index in [0.717, 1.165) is 17.0 Å². The largest absolute Gasteiger partial charge is 0.497 e. The molecule has 7 heteroatoms. The molecule has 0 saturated carbocycles. The molecule has 7 nitrogen and oxygen atoms in total. The van der Waals surface area contributed by atoms with Gasteiger partial charge in [-0.05, 0) is 42.0 Å². The summed E-state index contributed by atoms with van der Waals surface area (Å²) in [6.07, 6.45) is 1.62. The van der Waals surface area contributed by atoms with Crippen molar-refractivity contribution < 1.29 is 9.53 Å². The summed E-state index contributed by atoms with van der Waals surface area (Å²) in [6.45, 7) is 0. The number of primary amides is 1. The van der Waals surface area contributed by atoms with Crippen LogP contribution in [0.5, 0.6) is 5.75 Å². The molecule has 1 heterocycles. The van der Waals surface area contributed by atoms with Crippen molar-refractivity contribution in [2.45, 2.75) is 0 Å². The van der Waals surface area contributed by atoms with Gasteiger partial charge in [0, 0.05) is 11.9 Å². The second-order valence-corrected chi connectivity index (χ2v) is 5.18. The predicted molar refractivity (Wildman–Crippen MR) is 97.1 cm³/mol.